The van der Waals surface area contributed by atoms with Gasteiger partial charge in [0.1, 0.15) is 6.61 Å². The fourth-order valence-electron chi connectivity index (χ4n) is 2.89. The number of aromatic nitrogens is 1. The van der Waals surface area contributed by atoms with E-state index in [0.717, 1.165) is 5.69 Å². The van der Waals surface area contributed by atoms with E-state index < -0.39 is 6.10 Å². The second kappa shape index (κ2) is 7.36. The fourth-order valence-corrected chi connectivity index (χ4v) is 2.89. The minimum Gasteiger partial charge on any atom is -0.485 e. The zero-order valence-corrected chi connectivity index (χ0v) is 15.8. The van der Waals surface area contributed by atoms with Crippen LogP contribution in [0.25, 0.3) is 0 Å². The molecule has 0 saturated carbocycles. The van der Waals surface area contributed by atoms with Crippen LogP contribution in [0.3, 0.4) is 0 Å². The number of carbonyl (C=O) groups excluding carboxylic acids is 1. The molecule has 2 atom stereocenters. The van der Waals surface area contributed by atoms with Crippen LogP contribution in [0.5, 0.6) is 11.5 Å². The van der Waals surface area contributed by atoms with Crippen molar-refractivity contribution >= 4 is 5.91 Å². The quantitative estimate of drug-likeness (QED) is 0.915. The van der Waals surface area contributed by atoms with Gasteiger partial charge in [0.2, 0.25) is 6.10 Å². The Labute approximate surface area is 154 Å². The van der Waals surface area contributed by atoms with Gasteiger partial charge in [-0.15, -0.1) is 0 Å². The summed E-state index contributed by atoms with van der Waals surface area (Å²) in [6.07, 6.45) is 1.78. The maximum atomic E-state index is 12.5. The summed E-state index contributed by atoms with van der Waals surface area (Å²) in [7, 11) is 0. The molecule has 138 valence electrons. The molecular formula is C21H26N2O3. The van der Waals surface area contributed by atoms with Gasteiger partial charge in [-0.3, -0.25) is 9.78 Å². The average Bonchev–Trinajstić information content (AvgIpc) is 2.60. The van der Waals surface area contributed by atoms with Crippen molar-refractivity contribution in [2.24, 2.45) is 0 Å². The van der Waals surface area contributed by atoms with Gasteiger partial charge >= 0.3 is 0 Å². The zero-order valence-electron chi connectivity index (χ0n) is 15.8. The van der Waals surface area contributed by atoms with Gasteiger partial charge < -0.3 is 14.8 Å². The molecule has 1 aromatic carbocycles. The van der Waals surface area contributed by atoms with Gasteiger partial charge in [0.05, 0.1) is 0 Å². The van der Waals surface area contributed by atoms with Crippen LogP contribution in [0, 0.1) is 0 Å². The highest BCUT2D eigenvalue weighted by atomic mass is 16.6. The highest BCUT2D eigenvalue weighted by molar-refractivity contribution is 5.82. The van der Waals surface area contributed by atoms with E-state index in [-0.39, 0.29) is 24.0 Å². The molecule has 1 amide bonds. The molecule has 1 aliphatic heterocycles. The Morgan fingerprint density at radius 2 is 2.08 bits per heavy atom. The third kappa shape index (κ3) is 4.34. The number of fused-ring (bicyclic) bond motifs is 1. The van der Waals surface area contributed by atoms with Crippen LogP contribution in [0.15, 0.2) is 42.6 Å². The number of hydrogen-bond donors (Lipinski definition) is 1. The van der Waals surface area contributed by atoms with Crippen LogP contribution < -0.4 is 14.8 Å². The summed E-state index contributed by atoms with van der Waals surface area (Å²) >= 11 is 0. The first kappa shape index (κ1) is 18.2. The first-order valence-electron chi connectivity index (χ1n) is 8.97. The summed E-state index contributed by atoms with van der Waals surface area (Å²) in [5.74, 6) is 1.14. The van der Waals surface area contributed by atoms with E-state index >= 15 is 0 Å². The molecule has 26 heavy (non-hydrogen) atoms. The standard InChI is InChI=1S/C21H26N2O3/c1-14(11-16-7-5-6-10-22-16)23-20(24)19-13-25-18-12-15(21(2,3)4)8-9-17(18)26-19/h5-10,12,14,19H,11,13H2,1-4H3,(H,23,24)/t14-,19-/m0/s1. The van der Waals surface area contributed by atoms with Gasteiger partial charge in [-0.1, -0.05) is 32.9 Å². The van der Waals surface area contributed by atoms with Gasteiger partial charge in [-0.05, 0) is 42.2 Å². The maximum absolute atomic E-state index is 12.5. The number of nitrogens with zero attached hydrogens (tertiary/aromatic N) is 1. The maximum Gasteiger partial charge on any atom is 0.264 e. The van der Waals surface area contributed by atoms with Crippen LogP contribution >= 0.6 is 0 Å². The highest BCUT2D eigenvalue weighted by Crippen LogP contribution is 2.36. The normalized spacial score (nSPS) is 17.5. The van der Waals surface area contributed by atoms with Gasteiger partial charge in [0.25, 0.3) is 5.91 Å². The average molecular weight is 354 g/mol. The summed E-state index contributed by atoms with van der Waals surface area (Å²) in [6.45, 7) is 8.62. The van der Waals surface area contributed by atoms with Crippen LogP contribution in [0.4, 0.5) is 0 Å². The molecule has 0 spiro atoms. The van der Waals surface area contributed by atoms with Crippen molar-refractivity contribution in [1.29, 1.82) is 0 Å². The zero-order chi connectivity index (χ0) is 18.7. The molecule has 0 unspecified atom stereocenters. The molecule has 2 heterocycles. The highest BCUT2D eigenvalue weighted by Gasteiger charge is 2.29. The van der Waals surface area contributed by atoms with Crippen molar-refractivity contribution in [3.63, 3.8) is 0 Å². The summed E-state index contributed by atoms with van der Waals surface area (Å²) in [4.78, 5) is 16.8. The molecule has 0 radical (unpaired) electrons. The lowest BCUT2D eigenvalue weighted by molar-refractivity contribution is -0.131. The SMILES string of the molecule is C[C@@H](Cc1ccccn1)NC(=O)[C@@H]1COc2cc(C(C)(C)C)ccc2O1. The number of nitrogens with one attached hydrogen (secondary N) is 1. The number of benzene rings is 1. The molecule has 1 N–H and O–H groups in total. The van der Waals surface area contributed by atoms with Crippen LogP contribution in [0.2, 0.25) is 0 Å². The molecule has 2 aromatic rings. The number of rotatable bonds is 4. The first-order valence-corrected chi connectivity index (χ1v) is 8.97. The molecule has 0 saturated heterocycles. The van der Waals surface area contributed by atoms with Crippen molar-refractivity contribution in [1.82, 2.24) is 10.3 Å². The number of carbonyl (C=O) groups is 1. The number of amides is 1. The van der Waals surface area contributed by atoms with E-state index in [0.29, 0.717) is 17.9 Å². The number of ether oxygens (including phenoxy) is 2. The molecule has 1 aromatic heterocycles. The van der Waals surface area contributed by atoms with Crippen LogP contribution in [-0.2, 0) is 16.6 Å². The fraction of sp³-hybridized carbons (Fsp3) is 0.429. The second-order valence-electron chi connectivity index (χ2n) is 7.76. The summed E-state index contributed by atoms with van der Waals surface area (Å²) in [5, 5.41) is 2.98. The molecule has 1 aliphatic rings. The van der Waals surface area contributed by atoms with Gasteiger partial charge in [-0.25, -0.2) is 0 Å². The molecule has 0 fully saturated rings. The molecule has 0 bridgehead atoms. The lowest BCUT2D eigenvalue weighted by atomic mass is 9.87. The lowest BCUT2D eigenvalue weighted by Gasteiger charge is -2.28. The lowest BCUT2D eigenvalue weighted by Crippen LogP contribution is -2.47. The topological polar surface area (TPSA) is 60.5 Å². The van der Waals surface area contributed by atoms with E-state index in [1.165, 1.54) is 5.56 Å². The predicted octanol–water partition coefficient (Wildman–Crippen LogP) is 3.27. The van der Waals surface area contributed by atoms with Crippen LogP contribution in [-0.4, -0.2) is 29.6 Å². The predicted molar refractivity (Wildman–Crippen MR) is 101 cm³/mol. The van der Waals surface area contributed by atoms with Gasteiger partial charge in [0.15, 0.2) is 11.5 Å². The Morgan fingerprint density at radius 3 is 2.77 bits per heavy atom. The van der Waals surface area contributed by atoms with Crippen molar-refractivity contribution in [3.8, 4) is 11.5 Å². The molecule has 5 nitrogen and oxygen atoms in total. The second-order valence-corrected chi connectivity index (χ2v) is 7.76. The molecule has 3 rings (SSSR count). The minimum absolute atomic E-state index is 0.0352. The number of hydrogen-bond acceptors (Lipinski definition) is 4. The smallest absolute Gasteiger partial charge is 0.264 e. The Morgan fingerprint density at radius 1 is 1.27 bits per heavy atom. The Hall–Kier alpha value is -2.56. The van der Waals surface area contributed by atoms with Gasteiger partial charge in [0, 0.05) is 24.4 Å². The number of pyridine rings is 1. The summed E-state index contributed by atoms with van der Waals surface area (Å²) < 4.78 is 11.7. The molecular weight excluding hydrogens is 328 g/mol. The van der Waals surface area contributed by atoms with E-state index in [1.54, 1.807) is 6.20 Å². The molecule has 5 heteroatoms. The Kier molecular flexibility index (Phi) is 5.16. The minimum atomic E-state index is -0.644. The van der Waals surface area contributed by atoms with E-state index in [1.807, 2.05) is 43.3 Å². The molecule has 0 aliphatic carbocycles. The van der Waals surface area contributed by atoms with Crippen molar-refractivity contribution in [3.05, 3.63) is 53.9 Å². The first-order chi connectivity index (χ1) is 12.3. The van der Waals surface area contributed by atoms with Crippen LogP contribution in [0.1, 0.15) is 39.0 Å². The monoisotopic (exact) mass is 354 g/mol. The van der Waals surface area contributed by atoms with Crippen molar-refractivity contribution in [2.45, 2.75) is 51.7 Å². The van der Waals surface area contributed by atoms with Crippen molar-refractivity contribution < 1.29 is 14.3 Å². The van der Waals surface area contributed by atoms with E-state index in [4.69, 9.17) is 9.47 Å². The van der Waals surface area contributed by atoms with Crippen molar-refractivity contribution in [2.75, 3.05) is 6.61 Å². The third-order valence-electron chi connectivity index (χ3n) is 4.39. The summed E-state index contributed by atoms with van der Waals surface area (Å²) in [5.41, 5.74) is 2.15. The van der Waals surface area contributed by atoms with Gasteiger partial charge in [-0.2, -0.15) is 0 Å². The summed E-state index contributed by atoms with van der Waals surface area (Å²) in [6, 6.07) is 11.6. The largest absolute Gasteiger partial charge is 0.485 e. The Balaban J connectivity index is 1.60. The van der Waals surface area contributed by atoms with E-state index in [9.17, 15) is 4.79 Å². The Bertz CT molecular complexity index is 769. The van der Waals surface area contributed by atoms with E-state index in [2.05, 4.69) is 31.1 Å². The third-order valence-corrected chi connectivity index (χ3v) is 4.39.